The first-order valence-electron chi connectivity index (χ1n) is 8.59. The molecule has 0 saturated heterocycles. The quantitative estimate of drug-likeness (QED) is 0.557. The van der Waals surface area contributed by atoms with Crippen molar-refractivity contribution in [3.05, 3.63) is 25.8 Å². The van der Waals surface area contributed by atoms with E-state index < -0.39 is 11.2 Å². The number of ether oxygens (including phenoxy) is 1. The number of carbonyl (C=O) groups is 1. The summed E-state index contributed by atoms with van der Waals surface area (Å²) in [6.07, 6.45) is 0. The molecule has 12 heteroatoms. The number of hydrogen-bond donors (Lipinski definition) is 2. The van der Waals surface area contributed by atoms with Gasteiger partial charge in [-0.15, -0.1) is 10.2 Å². The maximum atomic E-state index is 12.9. The number of anilines is 2. The number of hydrogen-bond acceptors (Lipinski definition) is 9. The summed E-state index contributed by atoms with van der Waals surface area (Å²) in [6.45, 7) is 6.32. The molecule has 0 radical (unpaired) electrons. The molecule has 2 aromatic rings. The molecule has 2 aromatic heterocycles. The van der Waals surface area contributed by atoms with Crippen LogP contribution in [-0.2, 0) is 16.1 Å². The molecule has 0 fully saturated rings. The van der Waals surface area contributed by atoms with Crippen molar-refractivity contribution in [2.45, 2.75) is 31.7 Å². The van der Waals surface area contributed by atoms with Gasteiger partial charge in [-0.2, -0.15) is 0 Å². The number of aromatic amines is 1. The molecule has 28 heavy (non-hydrogen) atoms. The molecule has 3 N–H and O–H groups in total. The van der Waals surface area contributed by atoms with Crippen LogP contribution in [0.3, 0.4) is 0 Å². The standard InChI is InChI=1S/C16H24N6O4S2/c1-9(2)7-22-13(17)12(14(24)18-15(22)25)21(5-6-26-4)11(23)8-27-16-20-19-10(3)28-16/h9H,5-8,17H2,1-4H3,(H,18,24,25). The summed E-state index contributed by atoms with van der Waals surface area (Å²) < 4.78 is 7.00. The van der Waals surface area contributed by atoms with Crippen molar-refractivity contribution in [2.75, 3.05) is 36.6 Å². The second kappa shape index (κ2) is 9.85. The number of carbonyl (C=O) groups excluding carboxylic acids is 1. The Morgan fingerprint density at radius 1 is 1.39 bits per heavy atom. The molecular weight excluding hydrogens is 404 g/mol. The Balaban J connectivity index is 2.37. The second-order valence-electron chi connectivity index (χ2n) is 6.41. The van der Waals surface area contributed by atoms with Gasteiger partial charge in [-0.1, -0.05) is 36.9 Å². The first-order valence-corrected chi connectivity index (χ1v) is 10.4. The van der Waals surface area contributed by atoms with Crippen LogP contribution in [0.4, 0.5) is 11.5 Å². The van der Waals surface area contributed by atoms with E-state index in [-0.39, 0.29) is 42.2 Å². The normalized spacial score (nSPS) is 11.2. The lowest BCUT2D eigenvalue weighted by atomic mass is 10.2. The third kappa shape index (κ3) is 5.42. The Labute approximate surface area is 170 Å². The topological polar surface area (TPSA) is 136 Å². The van der Waals surface area contributed by atoms with E-state index in [1.54, 1.807) is 0 Å². The van der Waals surface area contributed by atoms with E-state index >= 15 is 0 Å². The van der Waals surface area contributed by atoms with Crippen molar-refractivity contribution in [2.24, 2.45) is 5.92 Å². The number of rotatable bonds is 9. The summed E-state index contributed by atoms with van der Waals surface area (Å²) in [7, 11) is 1.49. The molecule has 0 aliphatic heterocycles. The number of aromatic nitrogens is 4. The number of nitrogens with two attached hydrogens (primary N) is 1. The number of nitrogens with zero attached hydrogens (tertiary/aromatic N) is 4. The van der Waals surface area contributed by atoms with Gasteiger partial charge in [-0.05, 0) is 12.8 Å². The van der Waals surface area contributed by atoms with Gasteiger partial charge in [0.1, 0.15) is 10.8 Å². The van der Waals surface area contributed by atoms with Crippen molar-refractivity contribution in [3.63, 3.8) is 0 Å². The second-order valence-corrected chi connectivity index (χ2v) is 8.82. The summed E-state index contributed by atoms with van der Waals surface area (Å²) >= 11 is 2.61. The van der Waals surface area contributed by atoms with Gasteiger partial charge in [-0.3, -0.25) is 19.1 Å². The lowest BCUT2D eigenvalue weighted by molar-refractivity contribution is -0.116. The minimum atomic E-state index is -0.705. The van der Waals surface area contributed by atoms with Crippen molar-refractivity contribution in [3.8, 4) is 0 Å². The van der Waals surface area contributed by atoms with E-state index in [0.29, 0.717) is 10.9 Å². The number of methoxy groups -OCH3 is 1. The van der Waals surface area contributed by atoms with E-state index in [1.165, 1.54) is 39.7 Å². The first kappa shape index (κ1) is 22.1. The molecule has 0 spiro atoms. The van der Waals surface area contributed by atoms with Crippen LogP contribution in [0.2, 0.25) is 0 Å². The molecule has 2 heterocycles. The average Bonchev–Trinajstić information content (AvgIpc) is 3.04. The fourth-order valence-electron chi connectivity index (χ4n) is 2.47. The van der Waals surface area contributed by atoms with Crippen molar-refractivity contribution >= 4 is 40.5 Å². The third-order valence-corrected chi connectivity index (χ3v) is 5.64. The number of amides is 1. The van der Waals surface area contributed by atoms with Gasteiger partial charge < -0.3 is 15.4 Å². The molecule has 0 aliphatic carbocycles. The lowest BCUT2D eigenvalue weighted by Gasteiger charge is -2.24. The van der Waals surface area contributed by atoms with E-state index in [1.807, 2.05) is 20.8 Å². The van der Waals surface area contributed by atoms with E-state index in [9.17, 15) is 14.4 Å². The summed E-state index contributed by atoms with van der Waals surface area (Å²) in [4.78, 5) is 41.0. The summed E-state index contributed by atoms with van der Waals surface area (Å²) in [6, 6.07) is 0. The zero-order valence-corrected chi connectivity index (χ0v) is 17.9. The fraction of sp³-hybridized carbons (Fsp3) is 0.562. The highest BCUT2D eigenvalue weighted by Crippen LogP contribution is 2.24. The minimum absolute atomic E-state index is 0.0383. The molecule has 0 atom stereocenters. The van der Waals surface area contributed by atoms with Gasteiger partial charge in [0.2, 0.25) is 5.91 Å². The molecule has 0 aromatic carbocycles. The minimum Gasteiger partial charge on any atom is -0.383 e. The Morgan fingerprint density at radius 2 is 2.11 bits per heavy atom. The number of aryl methyl sites for hydroxylation is 1. The van der Waals surface area contributed by atoms with Crippen LogP contribution in [0.15, 0.2) is 13.9 Å². The van der Waals surface area contributed by atoms with Crippen LogP contribution in [0.5, 0.6) is 0 Å². The average molecular weight is 429 g/mol. The Kier molecular flexibility index (Phi) is 7.78. The van der Waals surface area contributed by atoms with Crippen LogP contribution in [-0.4, -0.2) is 51.7 Å². The van der Waals surface area contributed by atoms with Crippen LogP contribution in [0, 0.1) is 12.8 Å². The molecule has 0 saturated carbocycles. The maximum absolute atomic E-state index is 12.9. The Morgan fingerprint density at radius 3 is 2.68 bits per heavy atom. The fourth-order valence-corrected chi connectivity index (χ4v) is 4.16. The molecule has 2 rings (SSSR count). The molecule has 0 aliphatic rings. The maximum Gasteiger partial charge on any atom is 0.330 e. The van der Waals surface area contributed by atoms with Crippen LogP contribution in [0.25, 0.3) is 0 Å². The van der Waals surface area contributed by atoms with E-state index in [2.05, 4.69) is 15.2 Å². The molecule has 1 amide bonds. The Hall–Kier alpha value is -2.18. The predicted molar refractivity (Wildman–Crippen MR) is 110 cm³/mol. The predicted octanol–water partition coefficient (Wildman–Crippen LogP) is 0.706. The number of nitrogens with one attached hydrogen (secondary N) is 1. The Bertz CT molecular complexity index is 936. The molecular formula is C16H24N6O4S2. The van der Waals surface area contributed by atoms with Gasteiger partial charge >= 0.3 is 5.69 Å². The monoisotopic (exact) mass is 428 g/mol. The van der Waals surface area contributed by atoms with Crippen LogP contribution in [0.1, 0.15) is 18.9 Å². The van der Waals surface area contributed by atoms with E-state index in [0.717, 1.165) is 5.01 Å². The molecule has 10 nitrogen and oxygen atoms in total. The van der Waals surface area contributed by atoms with Crippen molar-refractivity contribution in [1.82, 2.24) is 19.7 Å². The smallest absolute Gasteiger partial charge is 0.330 e. The summed E-state index contributed by atoms with van der Waals surface area (Å²) in [5.74, 6) is -0.218. The van der Waals surface area contributed by atoms with Crippen molar-refractivity contribution in [1.29, 1.82) is 0 Å². The molecule has 154 valence electrons. The zero-order chi connectivity index (χ0) is 20.8. The number of thioether (sulfide) groups is 1. The largest absolute Gasteiger partial charge is 0.383 e. The number of nitrogen functional groups attached to an aromatic ring is 1. The van der Waals surface area contributed by atoms with Crippen LogP contribution < -0.4 is 21.9 Å². The van der Waals surface area contributed by atoms with Gasteiger partial charge in [-0.25, -0.2) is 4.79 Å². The highest BCUT2D eigenvalue weighted by atomic mass is 32.2. The first-order chi connectivity index (χ1) is 13.2. The zero-order valence-electron chi connectivity index (χ0n) is 16.2. The van der Waals surface area contributed by atoms with E-state index in [4.69, 9.17) is 10.5 Å². The van der Waals surface area contributed by atoms with Crippen molar-refractivity contribution < 1.29 is 9.53 Å². The summed E-state index contributed by atoms with van der Waals surface area (Å²) in [5, 5.41) is 8.69. The van der Waals surface area contributed by atoms with Gasteiger partial charge in [0.05, 0.1) is 12.4 Å². The molecule has 0 unspecified atom stereocenters. The summed E-state index contributed by atoms with van der Waals surface area (Å²) in [5.41, 5.74) is 4.79. The lowest BCUT2D eigenvalue weighted by Crippen LogP contribution is -2.43. The third-order valence-electron chi connectivity index (χ3n) is 3.68. The molecule has 0 bridgehead atoms. The van der Waals surface area contributed by atoms with Gasteiger partial charge in [0.15, 0.2) is 10.0 Å². The van der Waals surface area contributed by atoms with Crippen LogP contribution >= 0.6 is 23.1 Å². The van der Waals surface area contributed by atoms with Gasteiger partial charge in [0, 0.05) is 20.2 Å². The highest BCUT2D eigenvalue weighted by molar-refractivity contribution is 8.01. The van der Waals surface area contributed by atoms with Gasteiger partial charge in [0.25, 0.3) is 5.56 Å². The highest BCUT2D eigenvalue weighted by Gasteiger charge is 2.24. The SMILES string of the molecule is COCCN(C(=O)CSc1nnc(C)s1)c1c(N)n(CC(C)C)c(=O)[nH]c1=O. The number of H-pyrrole nitrogens is 1.